The second-order valence-electron chi connectivity index (χ2n) is 14.3. The number of likely N-dealkylation sites (N-methyl/N-ethyl adjacent to an activating group) is 1. The van der Waals surface area contributed by atoms with Crippen molar-refractivity contribution in [2.24, 2.45) is 11.3 Å². The van der Waals surface area contributed by atoms with Crippen molar-refractivity contribution in [1.82, 2.24) is 29.9 Å². The summed E-state index contributed by atoms with van der Waals surface area (Å²) in [5.74, 6) is -1.91. The minimum absolute atomic E-state index is 0.0508. The van der Waals surface area contributed by atoms with Crippen molar-refractivity contribution < 1.29 is 38.8 Å². The van der Waals surface area contributed by atoms with Crippen LogP contribution in [-0.2, 0) is 9.59 Å². The van der Waals surface area contributed by atoms with Crippen molar-refractivity contribution in [2.45, 2.75) is 85.5 Å². The molecule has 4 rings (SSSR count). The van der Waals surface area contributed by atoms with Crippen LogP contribution >= 0.6 is 0 Å². The summed E-state index contributed by atoms with van der Waals surface area (Å²) in [5, 5.41) is 34.6. The highest BCUT2D eigenvalue weighted by molar-refractivity contribution is 5.97. The number of benzene rings is 1. The topological polar surface area (TPSA) is 173 Å². The molecule has 1 amide bonds. The molecule has 1 aromatic carbocycles. The van der Waals surface area contributed by atoms with E-state index in [1.165, 1.54) is 24.5 Å². The van der Waals surface area contributed by atoms with Gasteiger partial charge in [0.1, 0.15) is 17.9 Å². The molecule has 2 fully saturated rings. The molecule has 2 aliphatic heterocycles. The lowest BCUT2D eigenvalue weighted by Gasteiger charge is -2.53. The number of ether oxygens (including phenoxy) is 1. The Hall–Kier alpha value is -4.21. The molecule has 0 aliphatic carbocycles. The summed E-state index contributed by atoms with van der Waals surface area (Å²) in [7, 11) is 2.06. The first-order valence-corrected chi connectivity index (χ1v) is 17.4. The average molecular weight is 716 g/mol. The molecular formula is C36H54FN7O7. The summed E-state index contributed by atoms with van der Waals surface area (Å²) in [5.41, 5.74) is 0.270. The second kappa shape index (κ2) is 18.3. The maximum absolute atomic E-state index is 14.3. The Morgan fingerprint density at radius 3 is 2.24 bits per heavy atom. The van der Waals surface area contributed by atoms with Crippen LogP contribution in [0.5, 0.6) is 11.6 Å². The minimum Gasteiger partial charge on any atom is -0.478 e. The van der Waals surface area contributed by atoms with Gasteiger partial charge in [0.05, 0.1) is 11.7 Å². The minimum atomic E-state index is -1.26. The first-order chi connectivity index (χ1) is 24.0. The Kier molecular flexibility index (Phi) is 14.8. The van der Waals surface area contributed by atoms with Gasteiger partial charge >= 0.3 is 11.9 Å². The zero-order valence-electron chi connectivity index (χ0n) is 31.0. The number of carbonyl (C=O) groups is 3. The second-order valence-corrected chi connectivity index (χ2v) is 14.3. The van der Waals surface area contributed by atoms with Gasteiger partial charge in [-0.25, -0.2) is 19.0 Å². The van der Waals surface area contributed by atoms with E-state index in [2.05, 4.69) is 64.6 Å². The van der Waals surface area contributed by atoms with Crippen LogP contribution in [0.4, 0.5) is 10.2 Å². The smallest absolute Gasteiger partial charge is 0.328 e. The van der Waals surface area contributed by atoms with E-state index >= 15 is 0 Å². The third-order valence-electron chi connectivity index (χ3n) is 9.49. The van der Waals surface area contributed by atoms with Crippen molar-refractivity contribution in [2.75, 3.05) is 51.2 Å². The van der Waals surface area contributed by atoms with E-state index in [4.69, 9.17) is 14.9 Å². The van der Waals surface area contributed by atoms with E-state index in [-0.39, 0.29) is 40.7 Å². The summed E-state index contributed by atoms with van der Waals surface area (Å²) in [4.78, 5) is 45.5. The normalized spacial score (nSPS) is 16.8. The van der Waals surface area contributed by atoms with Crippen LogP contribution in [0.2, 0.25) is 0 Å². The summed E-state index contributed by atoms with van der Waals surface area (Å²) in [6.45, 7) is 19.2. The number of aliphatic carboxylic acids is 2. The van der Waals surface area contributed by atoms with E-state index in [0.29, 0.717) is 49.1 Å². The van der Waals surface area contributed by atoms with Crippen LogP contribution < -0.4 is 9.64 Å². The van der Waals surface area contributed by atoms with Gasteiger partial charge < -0.3 is 34.8 Å². The molecule has 15 heteroatoms. The van der Waals surface area contributed by atoms with Gasteiger partial charge in [-0.2, -0.15) is 0 Å². The first kappa shape index (κ1) is 41.2. The Morgan fingerprint density at radius 2 is 1.69 bits per heavy atom. The quantitative estimate of drug-likeness (QED) is 0.226. The zero-order chi connectivity index (χ0) is 38.0. The summed E-state index contributed by atoms with van der Waals surface area (Å²) in [6.07, 6.45) is 3.92. The van der Waals surface area contributed by atoms with Gasteiger partial charge in [0.25, 0.3) is 11.8 Å². The maximum atomic E-state index is 14.3. The SMILES string of the molecule is CCN(C(=O)c1cc(F)ccc1Oc1nncnc1N1CCC2(C1)CN(C(CC(O)CN(C)C(C)C)C(C)C)C2)C(C)C.O=C(O)/C=C/C(=O)O. The molecule has 2 aliphatic rings. The summed E-state index contributed by atoms with van der Waals surface area (Å²) >= 11 is 0. The van der Waals surface area contributed by atoms with Crippen molar-refractivity contribution in [3.8, 4) is 11.6 Å². The number of halogens is 1. The van der Waals surface area contributed by atoms with Gasteiger partial charge in [-0.15, -0.1) is 10.2 Å². The van der Waals surface area contributed by atoms with Gasteiger partial charge in [-0.1, -0.05) is 13.8 Å². The molecule has 14 nitrogen and oxygen atoms in total. The van der Waals surface area contributed by atoms with Gasteiger partial charge in [-0.3, -0.25) is 9.69 Å². The molecule has 1 spiro atoms. The number of likely N-dealkylation sites (tertiary alicyclic amines) is 1. The Labute approximate surface area is 299 Å². The molecule has 1 aromatic heterocycles. The maximum Gasteiger partial charge on any atom is 0.328 e. The number of anilines is 1. The number of aromatic nitrogens is 3. The van der Waals surface area contributed by atoms with Crippen LogP contribution in [0.25, 0.3) is 0 Å². The number of amides is 1. The number of carbonyl (C=O) groups excluding carboxylic acids is 1. The van der Waals surface area contributed by atoms with Gasteiger partial charge in [-0.05, 0) is 78.6 Å². The summed E-state index contributed by atoms with van der Waals surface area (Å²) in [6, 6.07) is 4.61. The number of hydrogen-bond donors (Lipinski definition) is 3. The fourth-order valence-electron chi connectivity index (χ4n) is 6.61. The van der Waals surface area contributed by atoms with Crippen molar-refractivity contribution in [3.05, 3.63) is 48.1 Å². The Balaban J connectivity index is 0.000000783. The lowest BCUT2D eigenvalue weighted by Crippen LogP contribution is -2.62. The number of rotatable bonds is 15. The molecule has 282 valence electrons. The van der Waals surface area contributed by atoms with Crippen LogP contribution in [0.15, 0.2) is 36.7 Å². The van der Waals surface area contributed by atoms with Crippen molar-refractivity contribution >= 4 is 23.7 Å². The number of aliphatic hydroxyl groups is 1. The molecule has 0 radical (unpaired) electrons. The Bertz CT molecular complexity index is 1500. The molecule has 2 unspecified atom stereocenters. The van der Waals surface area contributed by atoms with E-state index < -0.39 is 17.8 Å². The van der Waals surface area contributed by atoms with E-state index in [0.717, 1.165) is 39.0 Å². The molecule has 3 heterocycles. The van der Waals surface area contributed by atoms with E-state index in [1.54, 1.807) is 4.90 Å². The third-order valence-corrected chi connectivity index (χ3v) is 9.49. The number of aliphatic hydroxyl groups excluding tert-OH is 1. The van der Waals surface area contributed by atoms with E-state index in [9.17, 15) is 23.9 Å². The molecule has 0 saturated carbocycles. The van der Waals surface area contributed by atoms with Crippen LogP contribution in [0.3, 0.4) is 0 Å². The Morgan fingerprint density at radius 1 is 1.04 bits per heavy atom. The predicted octanol–water partition coefficient (Wildman–Crippen LogP) is 4.01. The van der Waals surface area contributed by atoms with Crippen LogP contribution in [0.1, 0.15) is 71.7 Å². The predicted molar refractivity (Wildman–Crippen MR) is 190 cm³/mol. The molecule has 51 heavy (non-hydrogen) atoms. The molecular weight excluding hydrogens is 661 g/mol. The number of carboxylic acids is 2. The first-order valence-electron chi connectivity index (χ1n) is 17.4. The van der Waals surface area contributed by atoms with Crippen molar-refractivity contribution in [1.29, 1.82) is 0 Å². The van der Waals surface area contributed by atoms with Gasteiger partial charge in [0, 0.05) is 75.0 Å². The number of hydrogen-bond acceptors (Lipinski definition) is 11. The lowest BCUT2D eigenvalue weighted by atomic mass is 9.76. The zero-order valence-corrected chi connectivity index (χ0v) is 31.0. The van der Waals surface area contributed by atoms with Gasteiger partial charge in [0.15, 0.2) is 5.82 Å². The third kappa shape index (κ3) is 11.4. The fourth-order valence-corrected chi connectivity index (χ4v) is 6.61. The summed E-state index contributed by atoms with van der Waals surface area (Å²) < 4.78 is 20.4. The highest BCUT2D eigenvalue weighted by Gasteiger charge is 2.50. The lowest BCUT2D eigenvalue weighted by molar-refractivity contribution is -0.134. The van der Waals surface area contributed by atoms with Crippen molar-refractivity contribution in [3.63, 3.8) is 0 Å². The molecule has 0 bridgehead atoms. The highest BCUT2D eigenvalue weighted by Crippen LogP contribution is 2.44. The number of nitrogens with zero attached hydrogens (tertiary/aromatic N) is 7. The van der Waals surface area contributed by atoms with Crippen LogP contribution in [0, 0.1) is 17.2 Å². The monoisotopic (exact) mass is 715 g/mol. The standard InChI is InChI=1S/C32H50FN7O3.C4H4O4/c1-9-40(23(6)7)31(42)26-14-24(33)10-11-28(26)43-30-29(34-20-35-36-30)38-13-12-32(17-38)18-39(19-32)27(21(2)3)15-25(41)16-37(8)22(4)5;5-3(6)1-2-4(7)8/h10-11,14,20-23,25,27,41H,9,12-13,15-19H2,1-8H3;1-2H,(H,5,6)(H,7,8)/b;2-1+. The molecule has 2 aromatic rings. The molecule has 3 N–H and O–H groups in total. The average Bonchev–Trinajstić information content (AvgIpc) is 3.49. The molecule has 2 atom stereocenters. The fraction of sp³-hybridized carbons (Fsp3) is 0.611. The van der Waals surface area contributed by atoms with E-state index in [1.807, 2.05) is 20.8 Å². The largest absolute Gasteiger partial charge is 0.478 e. The van der Waals surface area contributed by atoms with Crippen LogP contribution in [-0.4, -0.2) is 134 Å². The number of carboxylic acid groups (broad SMARTS) is 2. The molecule has 2 saturated heterocycles. The van der Waals surface area contributed by atoms with Gasteiger partial charge in [0.2, 0.25) is 0 Å². The highest BCUT2D eigenvalue weighted by atomic mass is 19.1.